The van der Waals surface area contributed by atoms with Crippen molar-refractivity contribution in [2.45, 2.75) is 6.30 Å². The van der Waals surface area contributed by atoms with Crippen LogP contribution < -0.4 is 5.32 Å². The normalized spacial score (nSPS) is 15.6. The Hall–Kier alpha value is -3.23. The summed E-state index contributed by atoms with van der Waals surface area (Å²) in [7, 11) is -3.15. The summed E-state index contributed by atoms with van der Waals surface area (Å²) in [4.78, 5) is 13.1. The number of carbonyl (C=O) groups is 1. The molecule has 2 aromatic heterocycles. The largest absolute Gasteiger partial charge is 0.504 e. The minimum absolute atomic E-state index is 0.0835. The molecule has 0 fully saturated rings. The molecule has 0 saturated heterocycles. The number of anilines is 1. The molecule has 4 rings (SSSR count). The average molecular weight is 534 g/mol. The van der Waals surface area contributed by atoms with Crippen molar-refractivity contribution in [1.82, 2.24) is 14.1 Å². The highest BCUT2D eigenvalue weighted by Crippen LogP contribution is 2.31. The number of nitrogens with one attached hydrogen (secondary N) is 1. The molecule has 15 heteroatoms. The molecule has 1 aliphatic rings. The average Bonchev–Trinajstić information content (AvgIpc) is 3.42. The van der Waals surface area contributed by atoms with E-state index in [1.165, 1.54) is 23.6 Å². The summed E-state index contributed by atoms with van der Waals surface area (Å²) < 4.78 is 81.0. The highest BCUT2D eigenvalue weighted by molar-refractivity contribution is 7.88. The second kappa shape index (κ2) is 8.52. The number of allylic oxidation sites excluding steroid dienone is 1. The van der Waals surface area contributed by atoms with E-state index < -0.39 is 28.2 Å². The Bertz CT molecular complexity index is 1460. The molecular weight excluding hydrogens is 522 g/mol. The Labute approximate surface area is 199 Å². The highest BCUT2D eigenvalue weighted by Gasteiger charge is 2.32. The molecular formula is C19H12ClF4N5O3S2. The van der Waals surface area contributed by atoms with Crippen LogP contribution in [0.25, 0.3) is 11.1 Å². The number of nitrogens with zero attached hydrogens (tertiary/aromatic N) is 4. The van der Waals surface area contributed by atoms with Crippen molar-refractivity contribution in [3.8, 4) is 11.1 Å². The maximum Gasteiger partial charge on any atom is 0.504 e. The first-order valence-corrected chi connectivity index (χ1v) is 11.8. The standard InChI is InChI=1S/C19H12ClF4N5O3S2/c1-28-16(18(30)26-12-2-3-14(21)13(20)5-12)6-15(27-34(28,31)32)17-4-10(9-33-17)11-7-25-29(8-11)19(22,23)24/h2-9H,1H3,(H,26,30). The van der Waals surface area contributed by atoms with Crippen LogP contribution in [0.3, 0.4) is 0 Å². The zero-order valence-corrected chi connectivity index (χ0v) is 19.2. The molecule has 3 heterocycles. The first-order valence-electron chi connectivity index (χ1n) is 9.13. The summed E-state index contributed by atoms with van der Waals surface area (Å²) >= 11 is 6.73. The van der Waals surface area contributed by atoms with Crippen LogP contribution in [0.4, 0.5) is 23.2 Å². The topological polar surface area (TPSA) is 96.7 Å². The van der Waals surface area contributed by atoms with Gasteiger partial charge in [0.25, 0.3) is 5.91 Å². The predicted molar refractivity (Wildman–Crippen MR) is 118 cm³/mol. The van der Waals surface area contributed by atoms with E-state index in [4.69, 9.17) is 11.6 Å². The Kier molecular flexibility index (Phi) is 5.99. The van der Waals surface area contributed by atoms with Gasteiger partial charge in [-0.05, 0) is 41.3 Å². The summed E-state index contributed by atoms with van der Waals surface area (Å²) in [6, 6.07) is 4.88. The lowest BCUT2D eigenvalue weighted by Gasteiger charge is -2.23. The van der Waals surface area contributed by atoms with Gasteiger partial charge in [-0.25, -0.2) is 8.70 Å². The molecule has 0 spiro atoms. The third kappa shape index (κ3) is 4.69. The summed E-state index contributed by atoms with van der Waals surface area (Å²) in [5, 5.41) is 6.98. The molecule has 0 saturated carbocycles. The molecule has 0 aliphatic carbocycles. The lowest BCUT2D eigenvalue weighted by molar-refractivity contribution is -0.212. The number of rotatable bonds is 4. The number of thiophene rings is 1. The van der Waals surface area contributed by atoms with Crippen LogP contribution in [0.1, 0.15) is 4.88 Å². The predicted octanol–water partition coefficient (Wildman–Crippen LogP) is 4.38. The third-order valence-electron chi connectivity index (χ3n) is 4.61. The zero-order chi connectivity index (χ0) is 24.8. The molecule has 1 aliphatic heterocycles. The van der Waals surface area contributed by atoms with E-state index in [0.717, 1.165) is 42.9 Å². The van der Waals surface area contributed by atoms with Crippen LogP contribution in [0.2, 0.25) is 5.02 Å². The van der Waals surface area contributed by atoms with Crippen LogP contribution in [-0.4, -0.2) is 41.2 Å². The third-order valence-corrected chi connectivity index (χ3v) is 7.17. The van der Waals surface area contributed by atoms with Crippen molar-refractivity contribution < 1.29 is 30.8 Å². The second-order valence-corrected chi connectivity index (χ2v) is 9.82. The fourth-order valence-electron chi connectivity index (χ4n) is 2.88. The van der Waals surface area contributed by atoms with E-state index >= 15 is 0 Å². The van der Waals surface area contributed by atoms with E-state index in [1.54, 1.807) is 0 Å². The van der Waals surface area contributed by atoms with E-state index in [9.17, 15) is 30.8 Å². The van der Waals surface area contributed by atoms with Crippen molar-refractivity contribution in [3.63, 3.8) is 0 Å². The number of alkyl halides is 3. The molecule has 3 aromatic rings. The van der Waals surface area contributed by atoms with Crippen molar-refractivity contribution in [2.24, 2.45) is 4.40 Å². The number of hydrogen-bond donors (Lipinski definition) is 1. The van der Waals surface area contributed by atoms with Gasteiger partial charge in [0, 0.05) is 24.5 Å². The number of benzene rings is 1. The number of likely N-dealkylation sites (N-methyl/N-ethyl adjacent to an activating group) is 1. The molecule has 8 nitrogen and oxygen atoms in total. The van der Waals surface area contributed by atoms with Crippen LogP contribution in [0, 0.1) is 5.82 Å². The maximum absolute atomic E-state index is 13.4. The Balaban J connectivity index is 1.65. The molecule has 0 bridgehead atoms. The van der Waals surface area contributed by atoms with Crippen molar-refractivity contribution in [1.29, 1.82) is 0 Å². The van der Waals surface area contributed by atoms with Crippen LogP contribution >= 0.6 is 22.9 Å². The summed E-state index contributed by atoms with van der Waals surface area (Å²) in [5.41, 5.74) is 0.276. The van der Waals surface area contributed by atoms with E-state index in [1.807, 2.05) is 0 Å². The molecule has 1 aromatic carbocycles. The van der Waals surface area contributed by atoms with Gasteiger partial charge < -0.3 is 5.32 Å². The van der Waals surface area contributed by atoms with Gasteiger partial charge in [-0.15, -0.1) is 28.9 Å². The Morgan fingerprint density at radius 1 is 1.21 bits per heavy atom. The smallest absolute Gasteiger partial charge is 0.321 e. The Morgan fingerprint density at radius 2 is 1.94 bits per heavy atom. The van der Waals surface area contributed by atoms with Crippen LogP contribution in [0.15, 0.2) is 58.2 Å². The molecule has 0 atom stereocenters. The van der Waals surface area contributed by atoms with Crippen LogP contribution in [-0.2, 0) is 21.3 Å². The highest BCUT2D eigenvalue weighted by atomic mass is 35.5. The molecule has 34 heavy (non-hydrogen) atoms. The lowest BCUT2D eigenvalue weighted by Crippen LogP contribution is -2.35. The van der Waals surface area contributed by atoms with E-state index in [-0.39, 0.29) is 32.4 Å². The number of hydrogen-bond acceptors (Lipinski definition) is 5. The summed E-state index contributed by atoms with van der Waals surface area (Å²) in [5.74, 6) is -1.52. The first-order chi connectivity index (χ1) is 15.8. The van der Waals surface area contributed by atoms with Crippen molar-refractivity contribution in [3.05, 3.63) is 69.5 Å². The monoisotopic (exact) mass is 533 g/mol. The second-order valence-electron chi connectivity index (χ2n) is 6.88. The van der Waals surface area contributed by atoms with E-state index in [0.29, 0.717) is 14.7 Å². The quantitative estimate of drug-likeness (QED) is 0.503. The summed E-state index contributed by atoms with van der Waals surface area (Å²) in [6.07, 6.45) is -1.64. The van der Waals surface area contributed by atoms with Crippen molar-refractivity contribution in [2.75, 3.05) is 12.4 Å². The first kappa shape index (κ1) is 23.9. The van der Waals surface area contributed by atoms with Gasteiger partial charge in [-0.2, -0.15) is 18.2 Å². The molecule has 0 radical (unpaired) electrons. The zero-order valence-electron chi connectivity index (χ0n) is 16.8. The van der Waals surface area contributed by atoms with Gasteiger partial charge in [0.15, 0.2) is 0 Å². The number of halogens is 5. The SMILES string of the molecule is CN1C(C(=O)Nc2ccc(F)c(Cl)c2)=CC(c2cc(-c3cnn(C(F)(F)F)c3)cs2)=NS1(=O)=O. The fourth-order valence-corrected chi connectivity index (χ4v) is 4.91. The molecule has 1 N–H and O–H groups in total. The number of aromatic nitrogens is 2. The van der Waals surface area contributed by atoms with Gasteiger partial charge in [-0.3, -0.25) is 4.79 Å². The van der Waals surface area contributed by atoms with Gasteiger partial charge in [0.1, 0.15) is 11.5 Å². The van der Waals surface area contributed by atoms with Crippen LogP contribution in [0.5, 0.6) is 0 Å². The van der Waals surface area contributed by atoms with Gasteiger partial charge in [0.2, 0.25) is 0 Å². The number of carbonyl (C=O) groups excluding carboxylic acids is 1. The molecule has 178 valence electrons. The van der Waals surface area contributed by atoms with Gasteiger partial charge in [-0.1, -0.05) is 11.6 Å². The molecule has 0 unspecified atom stereocenters. The fraction of sp³-hybridized carbons (Fsp3) is 0.105. The molecule has 1 amide bonds. The maximum atomic E-state index is 13.4. The minimum atomic E-state index is -4.68. The minimum Gasteiger partial charge on any atom is -0.321 e. The van der Waals surface area contributed by atoms with Gasteiger partial charge in [0.05, 0.1) is 21.8 Å². The Morgan fingerprint density at radius 3 is 2.59 bits per heavy atom. The number of amides is 1. The van der Waals surface area contributed by atoms with E-state index in [2.05, 4.69) is 14.8 Å². The lowest BCUT2D eigenvalue weighted by atomic mass is 10.1. The van der Waals surface area contributed by atoms with Gasteiger partial charge >= 0.3 is 16.5 Å². The van der Waals surface area contributed by atoms with Crippen molar-refractivity contribution >= 4 is 50.5 Å². The summed E-state index contributed by atoms with van der Waals surface area (Å²) in [6.45, 7) is 0.